The van der Waals surface area contributed by atoms with Crippen LogP contribution in [0.1, 0.15) is 29.2 Å². The maximum Gasteiger partial charge on any atom is 0.0641 e. The van der Waals surface area contributed by atoms with Gasteiger partial charge in [-0.15, -0.1) is 0 Å². The lowest BCUT2D eigenvalue weighted by molar-refractivity contribution is 0.749. The molecule has 0 radical (unpaired) electrons. The van der Waals surface area contributed by atoms with Crippen molar-refractivity contribution in [1.82, 2.24) is 0 Å². The fraction of sp³-hybridized carbons (Fsp3) is 0.364. The second-order valence-corrected chi connectivity index (χ2v) is 3.55. The number of anilines is 1. The zero-order chi connectivity index (χ0) is 10.7. The van der Waals surface area contributed by atoms with Crippen molar-refractivity contribution in [1.29, 1.82) is 5.26 Å². The van der Waals surface area contributed by atoms with Crippen LogP contribution in [-0.2, 0) is 0 Å². The third-order valence-corrected chi connectivity index (χ3v) is 2.27. The highest BCUT2D eigenvalue weighted by Gasteiger charge is 2.11. The van der Waals surface area contributed by atoms with Gasteiger partial charge in [0.2, 0.25) is 0 Å². The van der Waals surface area contributed by atoms with Crippen molar-refractivity contribution in [2.75, 3.05) is 5.73 Å². The molecule has 14 heavy (non-hydrogen) atoms. The molecule has 3 nitrogen and oxygen atoms in total. The summed E-state index contributed by atoms with van der Waals surface area (Å²) in [5.74, 6) is 0. The van der Waals surface area contributed by atoms with Crippen LogP contribution in [0, 0.1) is 25.2 Å². The highest BCUT2D eigenvalue weighted by Crippen LogP contribution is 2.25. The molecule has 1 aromatic rings. The smallest absolute Gasteiger partial charge is 0.0641 e. The average Bonchev–Trinajstić information content (AvgIpc) is 2.11. The Kier molecular flexibility index (Phi) is 3.10. The van der Waals surface area contributed by atoms with E-state index in [9.17, 15) is 0 Å². The third-order valence-electron chi connectivity index (χ3n) is 2.27. The summed E-state index contributed by atoms with van der Waals surface area (Å²) in [5.41, 5.74) is 15.5. The monoisotopic (exact) mass is 189 g/mol. The van der Waals surface area contributed by atoms with Gasteiger partial charge in [-0.2, -0.15) is 5.26 Å². The van der Waals surface area contributed by atoms with Crippen LogP contribution in [0.2, 0.25) is 0 Å². The highest BCUT2D eigenvalue weighted by molar-refractivity contribution is 5.56. The molecule has 4 N–H and O–H groups in total. The van der Waals surface area contributed by atoms with Gasteiger partial charge in [0.25, 0.3) is 0 Å². The van der Waals surface area contributed by atoms with Gasteiger partial charge in [0.15, 0.2) is 0 Å². The van der Waals surface area contributed by atoms with Gasteiger partial charge in [0.05, 0.1) is 12.5 Å². The number of nitrogens with two attached hydrogens (primary N) is 2. The maximum absolute atomic E-state index is 8.56. The van der Waals surface area contributed by atoms with Gasteiger partial charge in [-0.25, -0.2) is 0 Å². The van der Waals surface area contributed by atoms with Gasteiger partial charge in [-0.3, -0.25) is 0 Å². The maximum atomic E-state index is 8.56. The molecule has 1 rings (SSSR count). The van der Waals surface area contributed by atoms with Crippen molar-refractivity contribution in [3.63, 3.8) is 0 Å². The summed E-state index contributed by atoms with van der Waals surface area (Å²) in [6.07, 6.45) is 0.299. The Bertz CT molecular complexity index is 377. The first kappa shape index (κ1) is 10.6. The molecule has 0 bridgehead atoms. The normalized spacial score (nSPS) is 12.1. The van der Waals surface area contributed by atoms with E-state index in [4.69, 9.17) is 16.7 Å². The van der Waals surface area contributed by atoms with Crippen LogP contribution in [0.15, 0.2) is 12.1 Å². The molecule has 0 aliphatic heterocycles. The molecular formula is C11H15N3. The van der Waals surface area contributed by atoms with E-state index in [1.165, 1.54) is 0 Å². The predicted octanol–water partition coefficient (Wildman–Crippen LogP) is 1.80. The van der Waals surface area contributed by atoms with Gasteiger partial charge >= 0.3 is 0 Å². The van der Waals surface area contributed by atoms with Crippen LogP contribution in [0.25, 0.3) is 0 Å². The molecule has 3 heteroatoms. The summed E-state index contributed by atoms with van der Waals surface area (Å²) < 4.78 is 0. The Morgan fingerprint density at radius 3 is 2.64 bits per heavy atom. The number of hydrogen-bond acceptors (Lipinski definition) is 3. The predicted molar refractivity (Wildman–Crippen MR) is 57.5 cm³/mol. The quantitative estimate of drug-likeness (QED) is 0.696. The van der Waals surface area contributed by atoms with Crippen molar-refractivity contribution in [3.05, 3.63) is 28.8 Å². The zero-order valence-corrected chi connectivity index (χ0v) is 8.54. The molecule has 0 unspecified atom stereocenters. The zero-order valence-electron chi connectivity index (χ0n) is 8.54. The van der Waals surface area contributed by atoms with Crippen LogP contribution in [0.3, 0.4) is 0 Å². The molecule has 0 aromatic heterocycles. The van der Waals surface area contributed by atoms with E-state index in [1.54, 1.807) is 0 Å². The number of nitriles is 1. The Balaban J connectivity index is 3.14. The van der Waals surface area contributed by atoms with E-state index in [0.29, 0.717) is 12.1 Å². The summed E-state index contributed by atoms with van der Waals surface area (Å²) in [4.78, 5) is 0. The van der Waals surface area contributed by atoms with Crippen molar-refractivity contribution in [2.45, 2.75) is 26.3 Å². The average molecular weight is 189 g/mol. The van der Waals surface area contributed by atoms with E-state index in [0.717, 1.165) is 16.7 Å². The van der Waals surface area contributed by atoms with Gasteiger partial charge in [-0.05, 0) is 25.0 Å². The fourth-order valence-electron chi connectivity index (χ4n) is 1.53. The van der Waals surface area contributed by atoms with Crippen molar-refractivity contribution in [2.24, 2.45) is 5.73 Å². The number of hydrogen-bond donors (Lipinski definition) is 2. The molecule has 0 heterocycles. The lowest BCUT2D eigenvalue weighted by atomic mass is 9.98. The summed E-state index contributed by atoms with van der Waals surface area (Å²) in [6, 6.07) is 5.73. The van der Waals surface area contributed by atoms with Crippen LogP contribution in [-0.4, -0.2) is 0 Å². The van der Waals surface area contributed by atoms with Gasteiger partial charge < -0.3 is 11.5 Å². The molecule has 0 aliphatic carbocycles. The number of benzene rings is 1. The standard InChI is InChI=1S/C11H15N3/c1-7-5-8(2)11(14)9(6-7)10(13)3-4-12/h5-6,10H,3,13-14H2,1-2H3/t10-/m0/s1. The topological polar surface area (TPSA) is 75.8 Å². The summed E-state index contributed by atoms with van der Waals surface area (Å²) in [5, 5.41) is 8.56. The largest absolute Gasteiger partial charge is 0.398 e. The number of nitrogens with zero attached hydrogens (tertiary/aromatic N) is 1. The molecule has 1 atom stereocenters. The first-order valence-corrected chi connectivity index (χ1v) is 4.55. The minimum atomic E-state index is -0.279. The molecule has 0 spiro atoms. The molecule has 0 aliphatic rings. The van der Waals surface area contributed by atoms with Crippen LogP contribution < -0.4 is 11.5 Å². The number of rotatable bonds is 2. The first-order chi connectivity index (χ1) is 6.56. The Hall–Kier alpha value is -1.53. The molecule has 0 amide bonds. The Labute approximate surface area is 84.3 Å². The van der Waals surface area contributed by atoms with Crippen LogP contribution in [0.5, 0.6) is 0 Å². The van der Waals surface area contributed by atoms with E-state index >= 15 is 0 Å². The fourth-order valence-corrected chi connectivity index (χ4v) is 1.53. The summed E-state index contributed by atoms with van der Waals surface area (Å²) in [7, 11) is 0. The molecule has 1 aromatic carbocycles. The van der Waals surface area contributed by atoms with Gasteiger partial charge in [-0.1, -0.05) is 17.7 Å². The minimum Gasteiger partial charge on any atom is -0.398 e. The van der Waals surface area contributed by atoms with Gasteiger partial charge in [0, 0.05) is 11.7 Å². The van der Waals surface area contributed by atoms with Crippen LogP contribution in [0.4, 0.5) is 5.69 Å². The van der Waals surface area contributed by atoms with E-state index in [-0.39, 0.29) is 6.04 Å². The number of aryl methyl sites for hydroxylation is 2. The van der Waals surface area contributed by atoms with Crippen molar-refractivity contribution in [3.8, 4) is 6.07 Å². The lowest BCUT2D eigenvalue weighted by Crippen LogP contribution is -2.12. The van der Waals surface area contributed by atoms with Crippen molar-refractivity contribution >= 4 is 5.69 Å². The second-order valence-electron chi connectivity index (χ2n) is 3.55. The molecule has 0 saturated carbocycles. The van der Waals surface area contributed by atoms with E-state index in [2.05, 4.69) is 6.07 Å². The van der Waals surface area contributed by atoms with E-state index < -0.39 is 0 Å². The highest BCUT2D eigenvalue weighted by atomic mass is 14.7. The van der Waals surface area contributed by atoms with Crippen LogP contribution >= 0.6 is 0 Å². The molecule has 74 valence electrons. The minimum absolute atomic E-state index is 0.279. The first-order valence-electron chi connectivity index (χ1n) is 4.55. The lowest BCUT2D eigenvalue weighted by Gasteiger charge is -2.14. The molecule has 0 saturated heterocycles. The molecular weight excluding hydrogens is 174 g/mol. The third kappa shape index (κ3) is 2.04. The second kappa shape index (κ2) is 4.12. The number of nitrogen functional groups attached to an aromatic ring is 1. The summed E-state index contributed by atoms with van der Waals surface area (Å²) >= 11 is 0. The Morgan fingerprint density at radius 2 is 2.07 bits per heavy atom. The Morgan fingerprint density at radius 1 is 1.43 bits per heavy atom. The summed E-state index contributed by atoms with van der Waals surface area (Å²) in [6.45, 7) is 3.94. The van der Waals surface area contributed by atoms with Gasteiger partial charge in [0.1, 0.15) is 0 Å². The SMILES string of the molecule is Cc1cc(C)c(N)c([C@@H](N)CC#N)c1. The van der Waals surface area contributed by atoms with Crippen molar-refractivity contribution < 1.29 is 0 Å². The van der Waals surface area contributed by atoms with E-state index in [1.807, 2.05) is 26.0 Å². The molecule has 0 fully saturated rings.